The smallest absolute Gasteiger partial charge is 0.243 e. The molecule has 1 unspecified atom stereocenters. The third-order valence-electron chi connectivity index (χ3n) is 6.17. The lowest BCUT2D eigenvalue weighted by Gasteiger charge is -2.31. The average Bonchev–Trinajstić information content (AvgIpc) is 3.35. The lowest BCUT2D eigenvalue weighted by Crippen LogP contribution is -2.51. The van der Waals surface area contributed by atoms with E-state index in [4.69, 9.17) is 4.74 Å². The number of thioether (sulfide) groups is 1. The van der Waals surface area contributed by atoms with Gasteiger partial charge in [-0.15, -0.1) is 0 Å². The molecular weight excluding hydrogens is 432 g/mol. The third kappa shape index (κ3) is 7.81. The third-order valence-corrected chi connectivity index (χ3v) is 7.20. The molecule has 1 aliphatic carbocycles. The highest BCUT2D eigenvalue weighted by Gasteiger charge is 2.30. The summed E-state index contributed by atoms with van der Waals surface area (Å²) in [7, 11) is 1.64. The molecule has 1 N–H and O–H groups in total. The first-order valence-corrected chi connectivity index (χ1v) is 13.1. The van der Waals surface area contributed by atoms with Gasteiger partial charge in [-0.05, 0) is 42.5 Å². The van der Waals surface area contributed by atoms with Crippen LogP contribution in [0.15, 0.2) is 54.6 Å². The van der Waals surface area contributed by atoms with Crippen LogP contribution in [0.25, 0.3) is 0 Å². The van der Waals surface area contributed by atoms with E-state index >= 15 is 0 Å². The number of rotatable bonds is 12. The fraction of sp³-hybridized carbons (Fsp3) is 0.481. The molecule has 3 rings (SSSR count). The average molecular weight is 469 g/mol. The van der Waals surface area contributed by atoms with Gasteiger partial charge in [-0.2, -0.15) is 11.8 Å². The molecule has 178 valence electrons. The van der Waals surface area contributed by atoms with Crippen molar-refractivity contribution in [1.82, 2.24) is 10.2 Å². The number of hydrogen-bond donors (Lipinski definition) is 1. The zero-order valence-electron chi connectivity index (χ0n) is 19.8. The van der Waals surface area contributed by atoms with E-state index in [1.54, 1.807) is 23.8 Å². The lowest BCUT2D eigenvalue weighted by atomic mass is 10.1. The Morgan fingerprint density at radius 2 is 1.76 bits per heavy atom. The second-order valence-corrected chi connectivity index (χ2v) is 9.68. The zero-order valence-corrected chi connectivity index (χ0v) is 20.6. The number of ether oxygens (including phenoxy) is 1. The molecule has 0 spiro atoms. The predicted molar refractivity (Wildman–Crippen MR) is 135 cm³/mol. The Hall–Kier alpha value is -2.47. The highest BCUT2D eigenvalue weighted by Crippen LogP contribution is 2.21. The monoisotopic (exact) mass is 468 g/mol. The number of amides is 2. The van der Waals surface area contributed by atoms with Crippen LogP contribution < -0.4 is 10.1 Å². The Morgan fingerprint density at radius 1 is 1.06 bits per heavy atom. The van der Waals surface area contributed by atoms with Crippen molar-refractivity contribution < 1.29 is 14.3 Å². The minimum absolute atomic E-state index is 0.0248. The maximum absolute atomic E-state index is 13.3. The van der Waals surface area contributed by atoms with Crippen molar-refractivity contribution in [3.05, 3.63) is 65.7 Å². The normalized spacial score (nSPS) is 14.6. The molecule has 0 bridgehead atoms. The number of carbonyl (C=O) groups excluding carboxylic acids is 2. The van der Waals surface area contributed by atoms with Crippen LogP contribution >= 0.6 is 11.8 Å². The fourth-order valence-corrected chi connectivity index (χ4v) is 5.17. The van der Waals surface area contributed by atoms with Gasteiger partial charge < -0.3 is 15.0 Å². The number of carbonyl (C=O) groups is 2. The summed E-state index contributed by atoms with van der Waals surface area (Å²) in [5, 5.41) is 3.20. The molecule has 0 aromatic heterocycles. The number of nitrogens with one attached hydrogen (secondary N) is 1. The first kappa shape index (κ1) is 25.2. The molecule has 1 aliphatic rings. The molecule has 0 radical (unpaired) electrons. The van der Waals surface area contributed by atoms with Crippen molar-refractivity contribution in [3.63, 3.8) is 0 Å². The summed E-state index contributed by atoms with van der Waals surface area (Å²) < 4.78 is 5.26. The van der Waals surface area contributed by atoms with Crippen molar-refractivity contribution in [2.45, 2.75) is 69.8 Å². The van der Waals surface area contributed by atoms with Gasteiger partial charge in [0.2, 0.25) is 11.8 Å². The fourth-order valence-electron chi connectivity index (χ4n) is 4.28. The maximum Gasteiger partial charge on any atom is 0.243 e. The van der Waals surface area contributed by atoms with Crippen LogP contribution in [0, 0.1) is 0 Å². The van der Waals surface area contributed by atoms with Crippen molar-refractivity contribution in [3.8, 4) is 5.75 Å². The van der Waals surface area contributed by atoms with Gasteiger partial charge in [-0.25, -0.2) is 0 Å². The van der Waals surface area contributed by atoms with E-state index in [9.17, 15) is 9.59 Å². The SMILES string of the molecule is CCC(C(=O)NC1CCCC1)N(Cc1ccc(OC)cc1)C(=O)CCSCc1ccccc1. The van der Waals surface area contributed by atoms with Crippen molar-refractivity contribution in [2.24, 2.45) is 0 Å². The summed E-state index contributed by atoms with van der Waals surface area (Å²) in [6.07, 6.45) is 5.40. The van der Waals surface area contributed by atoms with E-state index < -0.39 is 6.04 Å². The largest absolute Gasteiger partial charge is 0.497 e. The summed E-state index contributed by atoms with van der Waals surface area (Å²) in [5.41, 5.74) is 2.25. The van der Waals surface area contributed by atoms with Crippen LogP contribution in [-0.4, -0.2) is 41.7 Å². The molecule has 0 heterocycles. The first-order valence-electron chi connectivity index (χ1n) is 11.9. The number of benzene rings is 2. The van der Waals surface area contributed by atoms with Gasteiger partial charge >= 0.3 is 0 Å². The van der Waals surface area contributed by atoms with Gasteiger partial charge in [-0.1, -0.05) is 62.2 Å². The van der Waals surface area contributed by atoms with E-state index in [1.807, 2.05) is 49.4 Å². The summed E-state index contributed by atoms with van der Waals surface area (Å²) >= 11 is 1.75. The van der Waals surface area contributed by atoms with Crippen LogP contribution in [0.3, 0.4) is 0 Å². The molecule has 1 atom stereocenters. The minimum atomic E-state index is -0.459. The second kappa shape index (κ2) is 13.3. The Labute approximate surface area is 202 Å². The Kier molecular flexibility index (Phi) is 10.1. The molecule has 2 amide bonds. The van der Waals surface area contributed by atoms with E-state index in [-0.39, 0.29) is 17.9 Å². The van der Waals surface area contributed by atoms with Crippen LogP contribution in [0.5, 0.6) is 5.75 Å². The summed E-state index contributed by atoms with van der Waals surface area (Å²) in [6, 6.07) is 17.8. The summed E-state index contributed by atoms with van der Waals surface area (Å²) in [5.74, 6) is 2.39. The Balaban J connectivity index is 1.65. The van der Waals surface area contributed by atoms with E-state index in [0.717, 1.165) is 48.5 Å². The van der Waals surface area contributed by atoms with Gasteiger partial charge in [-0.3, -0.25) is 9.59 Å². The minimum Gasteiger partial charge on any atom is -0.497 e. The predicted octanol–water partition coefficient (Wildman–Crippen LogP) is 5.18. The Bertz CT molecular complexity index is 867. The van der Waals surface area contributed by atoms with E-state index in [0.29, 0.717) is 19.4 Å². The van der Waals surface area contributed by atoms with Crippen LogP contribution in [0.4, 0.5) is 0 Å². The molecule has 5 nitrogen and oxygen atoms in total. The second-order valence-electron chi connectivity index (χ2n) is 8.57. The first-order chi connectivity index (χ1) is 16.1. The molecule has 33 heavy (non-hydrogen) atoms. The number of methoxy groups -OCH3 is 1. The van der Waals surface area contributed by atoms with Gasteiger partial charge in [0.15, 0.2) is 0 Å². The molecule has 0 aliphatic heterocycles. The number of hydrogen-bond acceptors (Lipinski definition) is 4. The summed E-state index contributed by atoms with van der Waals surface area (Å²) in [6.45, 7) is 2.40. The molecule has 2 aromatic carbocycles. The van der Waals surface area contributed by atoms with Crippen molar-refractivity contribution in [2.75, 3.05) is 12.9 Å². The van der Waals surface area contributed by atoms with Crippen LogP contribution in [0.1, 0.15) is 56.6 Å². The van der Waals surface area contributed by atoms with E-state index in [1.165, 1.54) is 5.56 Å². The van der Waals surface area contributed by atoms with Crippen molar-refractivity contribution >= 4 is 23.6 Å². The summed E-state index contributed by atoms with van der Waals surface area (Å²) in [4.78, 5) is 28.3. The van der Waals surface area contributed by atoms with Crippen LogP contribution in [-0.2, 0) is 21.9 Å². The topological polar surface area (TPSA) is 58.6 Å². The molecule has 1 saturated carbocycles. The van der Waals surface area contributed by atoms with Crippen molar-refractivity contribution in [1.29, 1.82) is 0 Å². The molecule has 0 saturated heterocycles. The molecule has 2 aromatic rings. The maximum atomic E-state index is 13.3. The van der Waals surface area contributed by atoms with Gasteiger partial charge in [0.25, 0.3) is 0 Å². The van der Waals surface area contributed by atoms with Gasteiger partial charge in [0.05, 0.1) is 7.11 Å². The number of nitrogens with zero attached hydrogens (tertiary/aromatic N) is 1. The highest BCUT2D eigenvalue weighted by atomic mass is 32.2. The molecular formula is C27H36N2O3S. The van der Waals surface area contributed by atoms with E-state index in [2.05, 4.69) is 17.4 Å². The quantitative estimate of drug-likeness (QED) is 0.436. The van der Waals surface area contributed by atoms with Gasteiger partial charge in [0.1, 0.15) is 11.8 Å². The van der Waals surface area contributed by atoms with Crippen LogP contribution in [0.2, 0.25) is 0 Å². The highest BCUT2D eigenvalue weighted by molar-refractivity contribution is 7.98. The molecule has 1 fully saturated rings. The zero-order chi connectivity index (χ0) is 23.5. The lowest BCUT2D eigenvalue weighted by molar-refractivity contribution is -0.141. The van der Waals surface area contributed by atoms with Gasteiger partial charge in [0, 0.05) is 30.5 Å². The Morgan fingerprint density at radius 3 is 2.39 bits per heavy atom. The molecule has 6 heteroatoms. The standard InChI is InChI=1S/C27H36N2O3S/c1-3-25(27(31)28-23-11-7-8-12-23)29(19-21-13-15-24(32-2)16-14-21)26(30)17-18-33-20-22-9-5-4-6-10-22/h4-6,9-10,13-16,23,25H,3,7-8,11-12,17-20H2,1-2H3,(H,28,31).